The lowest BCUT2D eigenvalue weighted by Crippen LogP contribution is -2.02. The van der Waals surface area contributed by atoms with Gasteiger partial charge in [-0.25, -0.2) is 13.4 Å². The molecular weight excluding hydrogens is 250 g/mol. The fourth-order valence-corrected chi connectivity index (χ4v) is 2.25. The van der Waals surface area contributed by atoms with Gasteiger partial charge in [0, 0.05) is 17.6 Å². The molecule has 0 N–H and O–H groups in total. The minimum absolute atomic E-state index is 0.550. The molecule has 0 spiro atoms. The van der Waals surface area contributed by atoms with Crippen molar-refractivity contribution in [2.24, 2.45) is 0 Å². The van der Waals surface area contributed by atoms with E-state index in [2.05, 4.69) is 4.98 Å². The highest BCUT2D eigenvalue weighted by Gasteiger charge is 2.20. The molecule has 1 unspecified atom stereocenters. The summed E-state index contributed by atoms with van der Waals surface area (Å²) >= 11 is 0. The van der Waals surface area contributed by atoms with Crippen molar-refractivity contribution in [1.82, 2.24) is 4.98 Å². The van der Waals surface area contributed by atoms with E-state index in [4.69, 9.17) is 15.1 Å². The lowest BCUT2D eigenvalue weighted by Gasteiger charge is -2.06. The largest absolute Gasteiger partial charge is 0.441 e. The van der Waals surface area contributed by atoms with Gasteiger partial charge >= 0.3 is 0 Å². The van der Waals surface area contributed by atoms with Gasteiger partial charge in [-0.2, -0.15) is 0 Å². The summed E-state index contributed by atoms with van der Waals surface area (Å²) in [7, 11) is 1.69. The first kappa shape index (κ1) is 11.4. The van der Waals surface area contributed by atoms with Gasteiger partial charge in [-0.15, -0.1) is 0 Å². The maximum absolute atomic E-state index is 11.2. The van der Waals surface area contributed by atoms with Crippen LogP contribution >= 0.6 is 10.7 Å². The molecule has 1 aromatic heterocycles. The van der Waals surface area contributed by atoms with E-state index in [1.807, 2.05) is 0 Å². The van der Waals surface area contributed by atoms with Crippen molar-refractivity contribution in [2.75, 3.05) is 0 Å². The van der Waals surface area contributed by atoms with Crippen molar-refractivity contribution in [3.05, 3.63) is 29.7 Å². The van der Waals surface area contributed by atoms with Crippen LogP contribution in [0.2, 0.25) is 0 Å². The number of halogens is 1. The van der Waals surface area contributed by atoms with Crippen molar-refractivity contribution >= 4 is 30.8 Å². The second kappa shape index (κ2) is 3.75. The number of fused-ring (bicyclic) bond motifs is 1. The molecule has 1 aromatic carbocycles. The molecule has 0 amide bonds. The summed E-state index contributed by atoms with van der Waals surface area (Å²) in [5.41, 5.74) is 1.88. The smallest absolute Gasteiger partial charge is 0.239 e. The van der Waals surface area contributed by atoms with Gasteiger partial charge in [-0.1, -0.05) is 6.07 Å². The Morgan fingerprint density at radius 3 is 2.75 bits per heavy atom. The maximum Gasteiger partial charge on any atom is 0.239 e. The van der Waals surface area contributed by atoms with Crippen molar-refractivity contribution in [3.8, 4) is 0 Å². The lowest BCUT2D eigenvalue weighted by atomic mass is 10.1. The zero-order valence-electron chi connectivity index (χ0n) is 8.77. The fourth-order valence-electron chi connectivity index (χ4n) is 1.47. The average Bonchev–Trinajstić information content (AvgIpc) is 2.54. The van der Waals surface area contributed by atoms with E-state index >= 15 is 0 Å². The van der Waals surface area contributed by atoms with Crippen LogP contribution in [0.4, 0.5) is 0 Å². The minimum Gasteiger partial charge on any atom is -0.441 e. The summed E-state index contributed by atoms with van der Waals surface area (Å²) < 4.78 is 27.7. The molecule has 1 heterocycles. The van der Waals surface area contributed by atoms with Gasteiger partial charge in [0.05, 0.1) is 5.25 Å². The second-order valence-corrected chi connectivity index (χ2v) is 6.53. The summed E-state index contributed by atoms with van der Waals surface area (Å²) in [6.45, 7) is 3.27. The molecule has 0 radical (unpaired) electrons. The fraction of sp³-hybridized carbons (Fsp3) is 0.300. The lowest BCUT2D eigenvalue weighted by molar-refractivity contribution is 0.560. The molecular formula is C10H10ClNO3S. The van der Waals surface area contributed by atoms with Crippen LogP contribution in [0.15, 0.2) is 22.6 Å². The highest BCUT2D eigenvalue weighted by Crippen LogP contribution is 2.27. The van der Waals surface area contributed by atoms with Crippen LogP contribution in [0, 0.1) is 6.92 Å². The molecule has 6 heteroatoms. The van der Waals surface area contributed by atoms with E-state index in [9.17, 15) is 8.42 Å². The Morgan fingerprint density at radius 1 is 1.44 bits per heavy atom. The van der Waals surface area contributed by atoms with E-state index < -0.39 is 14.3 Å². The third-order valence-corrected chi connectivity index (χ3v) is 4.33. The highest BCUT2D eigenvalue weighted by molar-refractivity contribution is 8.13. The number of hydrogen-bond acceptors (Lipinski definition) is 4. The number of hydrogen-bond donors (Lipinski definition) is 0. The van der Waals surface area contributed by atoms with Crippen molar-refractivity contribution in [2.45, 2.75) is 19.1 Å². The molecule has 1 atom stereocenters. The van der Waals surface area contributed by atoms with Gasteiger partial charge in [0.25, 0.3) is 0 Å². The van der Waals surface area contributed by atoms with Gasteiger partial charge in [0.1, 0.15) is 5.52 Å². The topological polar surface area (TPSA) is 60.2 Å². The van der Waals surface area contributed by atoms with Crippen LogP contribution in [0.3, 0.4) is 0 Å². The Labute approximate surface area is 97.7 Å². The Hall–Kier alpha value is -1.07. The zero-order valence-corrected chi connectivity index (χ0v) is 10.3. The second-order valence-electron chi connectivity index (χ2n) is 3.58. The summed E-state index contributed by atoms with van der Waals surface area (Å²) in [6.07, 6.45) is 0. The highest BCUT2D eigenvalue weighted by atomic mass is 35.7. The van der Waals surface area contributed by atoms with Gasteiger partial charge in [-0.3, -0.25) is 0 Å². The Kier molecular flexibility index (Phi) is 2.67. The van der Waals surface area contributed by atoms with E-state index in [1.165, 1.54) is 6.92 Å². The standard InChI is InChI=1S/C10H10ClNO3S/c1-6(16(11,13)14)8-3-4-9-10(5-8)15-7(2)12-9/h3-6H,1-2H3. The zero-order chi connectivity index (χ0) is 11.9. The first-order valence-corrected chi connectivity index (χ1v) is 7.06. The quantitative estimate of drug-likeness (QED) is 0.778. The molecule has 2 rings (SSSR count). The first-order chi connectivity index (χ1) is 7.38. The molecule has 86 valence electrons. The normalized spacial score (nSPS) is 14.2. The molecule has 0 aliphatic carbocycles. The number of rotatable bonds is 2. The van der Waals surface area contributed by atoms with E-state index in [0.29, 0.717) is 22.6 Å². The summed E-state index contributed by atoms with van der Waals surface area (Å²) in [6, 6.07) is 5.06. The average molecular weight is 260 g/mol. The molecule has 0 saturated heterocycles. The van der Waals surface area contributed by atoms with Crippen molar-refractivity contribution < 1.29 is 12.8 Å². The third kappa shape index (κ3) is 2.05. The van der Waals surface area contributed by atoms with Gasteiger partial charge in [0.15, 0.2) is 11.5 Å². The molecule has 16 heavy (non-hydrogen) atoms. The molecule has 0 aliphatic rings. The Bertz CT molecular complexity index is 633. The number of benzene rings is 1. The number of aryl methyl sites for hydroxylation is 1. The molecule has 4 nitrogen and oxygen atoms in total. The van der Waals surface area contributed by atoms with Gasteiger partial charge in [0.2, 0.25) is 9.05 Å². The summed E-state index contributed by atoms with van der Waals surface area (Å²) in [5.74, 6) is 0.550. The summed E-state index contributed by atoms with van der Waals surface area (Å²) in [4.78, 5) is 4.13. The molecule has 0 fully saturated rings. The number of nitrogens with zero attached hydrogens (tertiary/aromatic N) is 1. The molecule has 0 aliphatic heterocycles. The molecule has 0 bridgehead atoms. The predicted octanol–water partition coefficient (Wildman–Crippen LogP) is 2.77. The SMILES string of the molecule is Cc1nc2ccc(C(C)S(=O)(=O)Cl)cc2o1. The minimum atomic E-state index is -3.61. The van der Waals surface area contributed by atoms with Crippen LogP contribution in [-0.2, 0) is 9.05 Å². The van der Waals surface area contributed by atoms with Gasteiger partial charge < -0.3 is 4.42 Å². The maximum atomic E-state index is 11.2. The van der Waals surface area contributed by atoms with E-state index in [0.717, 1.165) is 0 Å². The van der Waals surface area contributed by atoms with Crippen LogP contribution in [0.5, 0.6) is 0 Å². The third-order valence-electron chi connectivity index (χ3n) is 2.41. The van der Waals surface area contributed by atoms with Crippen LogP contribution in [0.25, 0.3) is 11.1 Å². The number of oxazole rings is 1. The monoisotopic (exact) mass is 259 g/mol. The predicted molar refractivity (Wildman–Crippen MR) is 61.9 cm³/mol. The van der Waals surface area contributed by atoms with Crippen molar-refractivity contribution in [1.29, 1.82) is 0 Å². The van der Waals surface area contributed by atoms with Crippen LogP contribution in [-0.4, -0.2) is 13.4 Å². The summed E-state index contributed by atoms with van der Waals surface area (Å²) in [5, 5.41) is -0.760. The Morgan fingerprint density at radius 2 is 2.12 bits per heavy atom. The van der Waals surface area contributed by atoms with Gasteiger partial charge in [-0.05, 0) is 24.6 Å². The van der Waals surface area contributed by atoms with E-state index in [1.54, 1.807) is 25.1 Å². The van der Waals surface area contributed by atoms with Crippen molar-refractivity contribution in [3.63, 3.8) is 0 Å². The van der Waals surface area contributed by atoms with Crippen LogP contribution < -0.4 is 0 Å². The number of aromatic nitrogens is 1. The first-order valence-electron chi connectivity index (χ1n) is 4.68. The van der Waals surface area contributed by atoms with E-state index in [-0.39, 0.29) is 0 Å². The Balaban J connectivity index is 2.54. The van der Waals surface area contributed by atoms with Crippen LogP contribution in [0.1, 0.15) is 23.6 Å². The molecule has 0 saturated carbocycles. The molecule has 2 aromatic rings.